The van der Waals surface area contributed by atoms with E-state index in [1.165, 1.54) is 6.42 Å². The van der Waals surface area contributed by atoms with E-state index in [0.717, 1.165) is 47.2 Å². The molecule has 0 atom stereocenters. The van der Waals surface area contributed by atoms with E-state index in [-0.39, 0.29) is 11.5 Å². The number of aryl methyl sites for hydroxylation is 3. The summed E-state index contributed by atoms with van der Waals surface area (Å²) in [6.45, 7) is 2.31. The fraction of sp³-hybridized carbons (Fsp3) is 0.429. The number of benzene rings is 1. The molecule has 26 heavy (non-hydrogen) atoms. The summed E-state index contributed by atoms with van der Waals surface area (Å²) in [6.07, 6.45) is 6.89. The maximum absolute atomic E-state index is 12.1. The molecule has 0 saturated heterocycles. The number of anilines is 1. The highest BCUT2D eigenvalue weighted by molar-refractivity contribution is 5.96. The summed E-state index contributed by atoms with van der Waals surface area (Å²) in [6, 6.07) is 6.09. The predicted octanol–water partition coefficient (Wildman–Crippen LogP) is 3.31. The van der Waals surface area contributed by atoms with Crippen LogP contribution < -0.4 is 10.9 Å². The second-order valence-electron chi connectivity index (χ2n) is 7.37. The number of rotatable bonds is 4. The van der Waals surface area contributed by atoms with E-state index in [9.17, 15) is 9.59 Å². The van der Waals surface area contributed by atoms with Crippen molar-refractivity contribution in [3.05, 3.63) is 51.4 Å². The van der Waals surface area contributed by atoms with Crippen LogP contribution >= 0.6 is 0 Å². The number of amides is 1. The lowest BCUT2D eigenvalue weighted by molar-refractivity contribution is -0.116. The Labute approximate surface area is 153 Å². The first-order valence-corrected chi connectivity index (χ1v) is 9.27. The van der Waals surface area contributed by atoms with Gasteiger partial charge in [0.15, 0.2) is 0 Å². The summed E-state index contributed by atoms with van der Waals surface area (Å²) in [5.74, 6) is 0.0520. The van der Waals surface area contributed by atoms with E-state index >= 15 is 0 Å². The van der Waals surface area contributed by atoms with Gasteiger partial charge in [0.2, 0.25) is 5.91 Å². The van der Waals surface area contributed by atoms with Gasteiger partial charge in [0.25, 0.3) is 5.56 Å². The molecule has 136 valence electrons. The summed E-state index contributed by atoms with van der Waals surface area (Å²) in [4.78, 5) is 24.0. The maximum atomic E-state index is 12.1. The minimum Gasteiger partial charge on any atom is -0.373 e. The van der Waals surface area contributed by atoms with Crippen LogP contribution in [-0.2, 0) is 29.6 Å². The Morgan fingerprint density at radius 1 is 1.23 bits per heavy atom. The van der Waals surface area contributed by atoms with Crippen molar-refractivity contribution in [3.8, 4) is 11.1 Å². The maximum Gasteiger partial charge on any atom is 0.253 e. The molecule has 1 aliphatic heterocycles. The first kappa shape index (κ1) is 17.0. The van der Waals surface area contributed by atoms with Crippen molar-refractivity contribution in [2.45, 2.75) is 51.7 Å². The smallest absolute Gasteiger partial charge is 0.253 e. The number of pyridine rings is 1. The zero-order chi connectivity index (χ0) is 18.3. The Morgan fingerprint density at radius 3 is 2.73 bits per heavy atom. The molecule has 4 rings (SSSR count). The minimum absolute atomic E-state index is 0.00674. The average molecular weight is 352 g/mol. The zero-order valence-electron chi connectivity index (χ0n) is 15.3. The van der Waals surface area contributed by atoms with Gasteiger partial charge in [0.1, 0.15) is 0 Å². The molecule has 1 N–H and O–H groups in total. The van der Waals surface area contributed by atoms with Crippen molar-refractivity contribution in [2.75, 3.05) is 5.32 Å². The SMILES string of the molecule is Cc1cc(-c2ccc3c(c2COC2CCC2)NC(=O)CC3)cn(C)c1=O. The highest BCUT2D eigenvalue weighted by atomic mass is 16.5. The average Bonchev–Trinajstić information content (AvgIpc) is 2.58. The lowest BCUT2D eigenvalue weighted by atomic mass is 9.91. The number of carbonyl (C=O) groups is 1. The van der Waals surface area contributed by atoms with Crippen LogP contribution in [0.15, 0.2) is 29.2 Å². The zero-order valence-corrected chi connectivity index (χ0v) is 15.3. The molecule has 5 heteroatoms. The fourth-order valence-corrected chi connectivity index (χ4v) is 3.69. The Kier molecular flexibility index (Phi) is 4.41. The molecule has 0 spiro atoms. The molecule has 1 aromatic heterocycles. The molecule has 1 aliphatic carbocycles. The molecule has 2 aromatic rings. The van der Waals surface area contributed by atoms with Gasteiger partial charge in [-0.3, -0.25) is 9.59 Å². The number of hydrogen-bond donors (Lipinski definition) is 1. The number of nitrogens with zero attached hydrogens (tertiary/aromatic N) is 1. The molecule has 0 radical (unpaired) electrons. The van der Waals surface area contributed by atoms with Crippen LogP contribution in [0.1, 0.15) is 42.4 Å². The minimum atomic E-state index is 0.00674. The fourth-order valence-electron chi connectivity index (χ4n) is 3.69. The number of fused-ring (bicyclic) bond motifs is 1. The summed E-state index contributed by atoms with van der Waals surface area (Å²) in [5, 5.41) is 3.05. The molecule has 5 nitrogen and oxygen atoms in total. The molecule has 1 saturated carbocycles. The van der Waals surface area contributed by atoms with Crippen LogP contribution in [0.3, 0.4) is 0 Å². The molecule has 1 amide bonds. The third kappa shape index (κ3) is 3.07. The van der Waals surface area contributed by atoms with Crippen molar-refractivity contribution in [2.24, 2.45) is 7.05 Å². The van der Waals surface area contributed by atoms with Crippen LogP contribution in [0.5, 0.6) is 0 Å². The van der Waals surface area contributed by atoms with Gasteiger partial charge in [0.05, 0.1) is 18.4 Å². The van der Waals surface area contributed by atoms with E-state index in [0.29, 0.717) is 24.7 Å². The number of ether oxygens (including phenoxy) is 1. The molecular weight excluding hydrogens is 328 g/mol. The van der Waals surface area contributed by atoms with Gasteiger partial charge in [-0.25, -0.2) is 0 Å². The van der Waals surface area contributed by atoms with Crippen molar-refractivity contribution in [1.82, 2.24) is 4.57 Å². The lowest BCUT2D eigenvalue weighted by Crippen LogP contribution is -2.24. The second-order valence-corrected chi connectivity index (χ2v) is 7.37. The third-order valence-electron chi connectivity index (χ3n) is 5.47. The molecule has 1 fully saturated rings. The van der Waals surface area contributed by atoms with Gasteiger partial charge in [0, 0.05) is 30.8 Å². The van der Waals surface area contributed by atoms with Crippen LogP contribution in [-0.4, -0.2) is 16.6 Å². The quantitative estimate of drug-likeness (QED) is 0.918. The molecule has 0 bridgehead atoms. The van der Waals surface area contributed by atoms with Crippen LogP contribution in [0, 0.1) is 6.92 Å². The molecule has 2 aliphatic rings. The third-order valence-corrected chi connectivity index (χ3v) is 5.47. The highest BCUT2D eigenvalue weighted by Crippen LogP contribution is 2.36. The van der Waals surface area contributed by atoms with Crippen LogP contribution in [0.4, 0.5) is 5.69 Å². The Balaban J connectivity index is 1.81. The molecule has 1 aromatic carbocycles. The van der Waals surface area contributed by atoms with Crippen molar-refractivity contribution >= 4 is 11.6 Å². The standard InChI is InChI=1S/C21H24N2O3/c1-13-10-15(11-23(2)21(13)25)17-8-6-14-7-9-19(24)22-20(14)18(17)12-26-16-4-3-5-16/h6,8,10-11,16H,3-5,7,9,12H2,1-2H3,(H,22,24). The van der Waals surface area contributed by atoms with E-state index in [1.807, 2.05) is 19.2 Å². The van der Waals surface area contributed by atoms with E-state index in [1.54, 1.807) is 11.6 Å². The first-order valence-electron chi connectivity index (χ1n) is 9.27. The van der Waals surface area contributed by atoms with Crippen LogP contribution in [0.25, 0.3) is 11.1 Å². The monoisotopic (exact) mass is 352 g/mol. The highest BCUT2D eigenvalue weighted by Gasteiger charge is 2.24. The summed E-state index contributed by atoms with van der Waals surface area (Å²) < 4.78 is 7.70. The molecule has 0 unspecified atom stereocenters. The van der Waals surface area contributed by atoms with Gasteiger partial charge >= 0.3 is 0 Å². The lowest BCUT2D eigenvalue weighted by Gasteiger charge is -2.28. The van der Waals surface area contributed by atoms with Crippen LogP contribution in [0.2, 0.25) is 0 Å². The van der Waals surface area contributed by atoms with Crippen molar-refractivity contribution < 1.29 is 9.53 Å². The van der Waals surface area contributed by atoms with Gasteiger partial charge in [-0.15, -0.1) is 0 Å². The van der Waals surface area contributed by atoms with Gasteiger partial charge in [-0.2, -0.15) is 0 Å². The molecule has 2 heterocycles. The van der Waals surface area contributed by atoms with E-state index in [4.69, 9.17) is 4.74 Å². The summed E-state index contributed by atoms with van der Waals surface area (Å²) in [7, 11) is 1.77. The van der Waals surface area contributed by atoms with Gasteiger partial charge < -0.3 is 14.6 Å². The topological polar surface area (TPSA) is 60.3 Å². The van der Waals surface area contributed by atoms with E-state index in [2.05, 4.69) is 17.4 Å². The Bertz CT molecular complexity index is 899. The number of aromatic nitrogens is 1. The van der Waals surface area contributed by atoms with Crippen molar-refractivity contribution in [1.29, 1.82) is 0 Å². The molecular formula is C21H24N2O3. The Hall–Kier alpha value is -2.40. The van der Waals surface area contributed by atoms with Gasteiger partial charge in [-0.1, -0.05) is 12.1 Å². The largest absolute Gasteiger partial charge is 0.373 e. The van der Waals surface area contributed by atoms with Gasteiger partial charge in [-0.05, 0) is 55.4 Å². The summed E-state index contributed by atoms with van der Waals surface area (Å²) in [5.41, 5.74) is 5.76. The number of carbonyl (C=O) groups excluding carboxylic acids is 1. The Morgan fingerprint density at radius 2 is 2.04 bits per heavy atom. The van der Waals surface area contributed by atoms with Crippen molar-refractivity contribution in [3.63, 3.8) is 0 Å². The second kappa shape index (κ2) is 6.72. The number of nitrogens with one attached hydrogen (secondary N) is 1. The summed E-state index contributed by atoms with van der Waals surface area (Å²) >= 11 is 0. The first-order chi connectivity index (χ1) is 12.5. The van der Waals surface area contributed by atoms with E-state index < -0.39 is 0 Å². The number of hydrogen-bond acceptors (Lipinski definition) is 3. The predicted molar refractivity (Wildman–Crippen MR) is 101 cm³/mol. The normalized spacial score (nSPS) is 16.8.